The van der Waals surface area contributed by atoms with Crippen molar-refractivity contribution in [2.24, 2.45) is 0 Å². The standard InChI is InChI=1S/C22H24Cl2N2O2S/c23-18-6-7-19(24)21(14-18)29-13-12-25-8-10-26(11-9-25)22-16-27-20(15-28-22)17-4-2-1-3-5-17/h1-2,4,6-7,14-16H,3,5,8-13H2. The Kier molecular flexibility index (Phi) is 7.14. The Morgan fingerprint density at radius 1 is 1.03 bits per heavy atom. The smallest absolute Gasteiger partial charge is 0.231 e. The number of hydrogen-bond acceptors (Lipinski definition) is 5. The average molecular weight is 451 g/mol. The van der Waals surface area contributed by atoms with Crippen LogP contribution in [0.1, 0.15) is 12.8 Å². The maximum atomic E-state index is 6.24. The molecule has 4 rings (SSSR count). The molecule has 29 heavy (non-hydrogen) atoms. The minimum Gasteiger partial charge on any atom is -0.456 e. The second-order valence-electron chi connectivity index (χ2n) is 7.08. The summed E-state index contributed by atoms with van der Waals surface area (Å²) in [6, 6.07) is 5.60. The van der Waals surface area contributed by atoms with Crippen LogP contribution in [0.2, 0.25) is 10.0 Å². The number of allylic oxidation sites excluding steroid dienone is 4. The van der Waals surface area contributed by atoms with Gasteiger partial charge in [-0.05, 0) is 36.6 Å². The lowest BCUT2D eigenvalue weighted by Gasteiger charge is -2.36. The predicted molar refractivity (Wildman–Crippen MR) is 120 cm³/mol. The van der Waals surface area contributed by atoms with Gasteiger partial charge in [-0.15, -0.1) is 11.8 Å². The first-order valence-corrected chi connectivity index (χ1v) is 11.6. The fraction of sp³-hybridized carbons (Fsp3) is 0.364. The van der Waals surface area contributed by atoms with Crippen LogP contribution in [-0.4, -0.2) is 48.3 Å². The molecule has 3 aliphatic rings. The Labute approximate surface area is 186 Å². The monoisotopic (exact) mass is 450 g/mol. The molecule has 4 nitrogen and oxygen atoms in total. The fourth-order valence-corrected chi connectivity index (χ4v) is 4.96. The van der Waals surface area contributed by atoms with Gasteiger partial charge in [-0.2, -0.15) is 0 Å². The van der Waals surface area contributed by atoms with Gasteiger partial charge in [0, 0.05) is 48.4 Å². The Morgan fingerprint density at radius 2 is 1.90 bits per heavy atom. The van der Waals surface area contributed by atoms with E-state index in [1.807, 2.05) is 18.2 Å². The minimum absolute atomic E-state index is 0.724. The maximum Gasteiger partial charge on any atom is 0.231 e. The number of benzene rings is 1. The van der Waals surface area contributed by atoms with Crippen molar-refractivity contribution in [2.75, 3.05) is 38.5 Å². The third-order valence-corrected chi connectivity index (χ3v) is 6.86. The molecule has 1 aromatic carbocycles. The Hall–Kier alpha value is -1.53. The summed E-state index contributed by atoms with van der Waals surface area (Å²) in [5.74, 6) is 2.59. The third-order valence-electron chi connectivity index (χ3n) is 5.15. The summed E-state index contributed by atoms with van der Waals surface area (Å²) in [6.45, 7) is 4.86. The van der Waals surface area contributed by atoms with E-state index >= 15 is 0 Å². The third kappa shape index (κ3) is 5.54. The number of ether oxygens (including phenoxy) is 2. The normalized spacial score (nSPS) is 19.8. The summed E-state index contributed by atoms with van der Waals surface area (Å²) in [6.07, 6.45) is 11.8. The second kappa shape index (κ2) is 9.98. The number of hydrogen-bond donors (Lipinski definition) is 0. The maximum absolute atomic E-state index is 6.24. The largest absolute Gasteiger partial charge is 0.456 e. The van der Waals surface area contributed by atoms with Crippen LogP contribution in [0.5, 0.6) is 0 Å². The van der Waals surface area contributed by atoms with E-state index in [-0.39, 0.29) is 0 Å². The quantitative estimate of drug-likeness (QED) is 0.520. The van der Waals surface area contributed by atoms with Crippen LogP contribution in [0.3, 0.4) is 0 Å². The molecule has 1 saturated heterocycles. The van der Waals surface area contributed by atoms with Gasteiger partial charge in [0.25, 0.3) is 0 Å². The number of nitrogens with zero attached hydrogens (tertiary/aromatic N) is 2. The summed E-state index contributed by atoms with van der Waals surface area (Å²) >= 11 is 14.1. The molecular weight excluding hydrogens is 427 g/mol. The van der Waals surface area contributed by atoms with Crippen LogP contribution in [0.15, 0.2) is 71.1 Å². The lowest BCUT2D eigenvalue weighted by atomic mass is 10.0. The van der Waals surface area contributed by atoms with E-state index in [9.17, 15) is 0 Å². The van der Waals surface area contributed by atoms with Crippen molar-refractivity contribution in [3.05, 3.63) is 76.2 Å². The molecule has 1 fully saturated rings. The van der Waals surface area contributed by atoms with Crippen LogP contribution < -0.4 is 0 Å². The molecule has 0 spiro atoms. The molecule has 2 aliphatic heterocycles. The summed E-state index contributed by atoms with van der Waals surface area (Å²) in [7, 11) is 0. The fourth-order valence-electron chi connectivity index (χ4n) is 3.46. The van der Waals surface area contributed by atoms with Gasteiger partial charge in [0.2, 0.25) is 5.88 Å². The van der Waals surface area contributed by atoms with Gasteiger partial charge in [0.1, 0.15) is 6.26 Å². The van der Waals surface area contributed by atoms with E-state index < -0.39 is 0 Å². The average Bonchev–Trinajstić information content (AvgIpc) is 2.77. The number of thioether (sulfide) groups is 1. The molecule has 0 bridgehead atoms. The molecule has 7 heteroatoms. The van der Waals surface area contributed by atoms with Gasteiger partial charge in [-0.25, -0.2) is 0 Å². The molecule has 0 aromatic heterocycles. The molecule has 0 N–H and O–H groups in total. The van der Waals surface area contributed by atoms with Gasteiger partial charge in [0.15, 0.2) is 12.0 Å². The molecule has 1 aromatic rings. The van der Waals surface area contributed by atoms with Crippen LogP contribution in [0.25, 0.3) is 0 Å². The zero-order valence-electron chi connectivity index (χ0n) is 16.2. The molecule has 154 valence electrons. The molecule has 0 atom stereocenters. The number of rotatable bonds is 6. The van der Waals surface area contributed by atoms with E-state index in [1.165, 1.54) is 5.57 Å². The zero-order valence-corrected chi connectivity index (χ0v) is 18.5. The van der Waals surface area contributed by atoms with Crippen molar-refractivity contribution in [3.8, 4) is 0 Å². The first kappa shape index (κ1) is 20.7. The zero-order chi connectivity index (χ0) is 20.1. The Bertz CT molecular complexity index is 858. The summed E-state index contributed by atoms with van der Waals surface area (Å²) in [5.41, 5.74) is 1.19. The van der Waals surface area contributed by atoms with Crippen molar-refractivity contribution in [2.45, 2.75) is 17.7 Å². The molecule has 0 unspecified atom stereocenters. The van der Waals surface area contributed by atoms with E-state index in [2.05, 4.69) is 28.0 Å². The first-order chi connectivity index (χ1) is 14.2. The van der Waals surface area contributed by atoms with Gasteiger partial charge in [0.05, 0.1) is 5.02 Å². The SMILES string of the molecule is Clc1ccc(Cl)c(SCCN2CCN(C3=COC(C4=CC=CCC4)=CO3)CC2)c1. The molecular formula is C22H24Cl2N2O2S. The highest BCUT2D eigenvalue weighted by Gasteiger charge is 2.22. The Balaban J connectivity index is 1.20. The van der Waals surface area contributed by atoms with E-state index in [0.717, 1.165) is 77.9 Å². The minimum atomic E-state index is 0.724. The van der Waals surface area contributed by atoms with Crippen LogP contribution in [-0.2, 0) is 9.47 Å². The molecule has 0 amide bonds. The van der Waals surface area contributed by atoms with Gasteiger partial charge in [-0.1, -0.05) is 41.4 Å². The van der Waals surface area contributed by atoms with E-state index in [0.29, 0.717) is 0 Å². The van der Waals surface area contributed by atoms with Crippen LogP contribution >= 0.6 is 35.0 Å². The summed E-state index contributed by atoms with van der Waals surface area (Å²) in [5, 5.41) is 1.49. The molecule has 0 saturated carbocycles. The van der Waals surface area contributed by atoms with Crippen molar-refractivity contribution in [1.29, 1.82) is 0 Å². The van der Waals surface area contributed by atoms with Crippen molar-refractivity contribution >= 4 is 35.0 Å². The molecule has 0 radical (unpaired) electrons. The van der Waals surface area contributed by atoms with Crippen molar-refractivity contribution in [1.82, 2.24) is 9.80 Å². The van der Waals surface area contributed by atoms with Crippen molar-refractivity contribution in [3.63, 3.8) is 0 Å². The van der Waals surface area contributed by atoms with Crippen LogP contribution in [0, 0.1) is 0 Å². The van der Waals surface area contributed by atoms with Gasteiger partial charge < -0.3 is 14.4 Å². The van der Waals surface area contributed by atoms with E-state index in [1.54, 1.807) is 24.3 Å². The molecule has 2 heterocycles. The lowest BCUT2D eigenvalue weighted by molar-refractivity contribution is 0.0872. The second-order valence-corrected chi connectivity index (χ2v) is 9.06. The molecule has 1 aliphatic carbocycles. The van der Waals surface area contributed by atoms with Gasteiger partial charge in [-0.3, -0.25) is 4.90 Å². The lowest BCUT2D eigenvalue weighted by Crippen LogP contribution is -2.46. The Morgan fingerprint density at radius 3 is 2.62 bits per heavy atom. The topological polar surface area (TPSA) is 24.9 Å². The first-order valence-electron chi connectivity index (χ1n) is 9.84. The highest BCUT2D eigenvalue weighted by atomic mass is 35.5. The summed E-state index contributed by atoms with van der Waals surface area (Å²) in [4.78, 5) is 5.74. The number of piperazine rings is 1. The van der Waals surface area contributed by atoms with Crippen LogP contribution in [0.4, 0.5) is 0 Å². The summed E-state index contributed by atoms with van der Waals surface area (Å²) < 4.78 is 11.7. The van der Waals surface area contributed by atoms with Crippen molar-refractivity contribution < 1.29 is 9.47 Å². The predicted octanol–water partition coefficient (Wildman–Crippen LogP) is 5.67. The van der Waals surface area contributed by atoms with E-state index in [4.69, 9.17) is 32.7 Å². The number of halogens is 2. The highest BCUT2D eigenvalue weighted by molar-refractivity contribution is 7.99. The van der Waals surface area contributed by atoms with Gasteiger partial charge >= 0.3 is 0 Å². The highest BCUT2D eigenvalue weighted by Crippen LogP contribution is 2.30.